The van der Waals surface area contributed by atoms with E-state index in [2.05, 4.69) is 0 Å². The number of benzene rings is 2. The molecule has 0 bridgehead atoms. The van der Waals surface area contributed by atoms with Crippen molar-refractivity contribution in [1.82, 2.24) is 4.90 Å². The first-order valence-corrected chi connectivity index (χ1v) is 11.6. The first-order valence-electron chi connectivity index (χ1n) is 11.3. The largest absolute Gasteiger partial charge is 0.449 e. The van der Waals surface area contributed by atoms with Gasteiger partial charge in [-0.3, -0.25) is 9.69 Å². The molecule has 0 aliphatic carbocycles. The van der Waals surface area contributed by atoms with Gasteiger partial charge in [-0.15, -0.1) is 0 Å². The van der Waals surface area contributed by atoms with Crippen LogP contribution >= 0.6 is 11.6 Å². The van der Waals surface area contributed by atoms with E-state index < -0.39 is 70.9 Å². The third-order valence-electron chi connectivity index (χ3n) is 6.05. The van der Waals surface area contributed by atoms with Crippen molar-refractivity contribution in [3.63, 3.8) is 0 Å². The van der Waals surface area contributed by atoms with Crippen LogP contribution in [0.15, 0.2) is 36.4 Å². The first-order chi connectivity index (χ1) is 17.8. The minimum Gasteiger partial charge on any atom is -0.449 e. The number of ether oxygens (including phenoxy) is 1. The highest BCUT2D eigenvalue weighted by Crippen LogP contribution is 2.45. The lowest BCUT2D eigenvalue weighted by atomic mass is 9.89. The summed E-state index contributed by atoms with van der Waals surface area (Å²) < 4.78 is 126. The molecule has 214 valence electrons. The number of carbonyl (C=O) groups is 2. The van der Waals surface area contributed by atoms with E-state index in [1.165, 1.54) is 13.8 Å². The van der Waals surface area contributed by atoms with E-state index in [-0.39, 0.29) is 30.3 Å². The predicted molar refractivity (Wildman–Crippen MR) is 121 cm³/mol. The van der Waals surface area contributed by atoms with Crippen molar-refractivity contribution in [2.45, 2.75) is 57.4 Å². The fraction of sp³-hybridized carbons (Fsp3) is 0.417. The van der Waals surface area contributed by atoms with Crippen molar-refractivity contribution in [3.05, 3.63) is 64.2 Å². The number of halogens is 10. The van der Waals surface area contributed by atoms with Crippen LogP contribution in [0, 0.1) is 0 Å². The van der Waals surface area contributed by atoms with Crippen LogP contribution in [0.4, 0.5) is 54.8 Å². The van der Waals surface area contributed by atoms with E-state index in [1.54, 1.807) is 0 Å². The molecule has 1 heterocycles. The molecule has 0 spiro atoms. The lowest BCUT2D eigenvalue weighted by Gasteiger charge is -2.42. The number of amides is 2. The van der Waals surface area contributed by atoms with Crippen LogP contribution in [-0.4, -0.2) is 29.0 Å². The molecule has 2 aromatic carbocycles. The molecule has 0 unspecified atom stereocenters. The smallest absolute Gasteiger partial charge is 0.416 e. The topological polar surface area (TPSA) is 49.9 Å². The fourth-order valence-electron chi connectivity index (χ4n) is 4.38. The average molecular weight is 591 g/mol. The predicted octanol–water partition coefficient (Wildman–Crippen LogP) is 8.40. The average Bonchev–Trinajstić information content (AvgIpc) is 2.79. The first kappa shape index (κ1) is 30.4. The van der Waals surface area contributed by atoms with Gasteiger partial charge in [-0.05, 0) is 79.4 Å². The van der Waals surface area contributed by atoms with Gasteiger partial charge in [0.2, 0.25) is 0 Å². The molecule has 1 aliphatic rings. The number of nitrogens with zero attached hydrogens (tertiary/aromatic N) is 2. The van der Waals surface area contributed by atoms with E-state index in [1.807, 2.05) is 0 Å². The summed E-state index contributed by atoms with van der Waals surface area (Å²) in [5.74, 6) is 0. The Morgan fingerprint density at radius 2 is 1.46 bits per heavy atom. The molecular weight excluding hydrogens is 571 g/mol. The molecule has 39 heavy (non-hydrogen) atoms. The molecular formula is C24H20ClF9N2O3. The highest BCUT2D eigenvalue weighted by molar-refractivity contribution is 6.62. The SMILES string of the molecule is CCOC(=O)N1c2ccc(C(F)(F)F)cc2[C@@H](N(Cc2cc(C(F)(F)F)cc(C(F)(F)F)c2)C(=O)Cl)C[C@H]1C. The summed E-state index contributed by atoms with van der Waals surface area (Å²) in [6, 6.07) is 0.842. The minimum absolute atomic E-state index is 0.0647. The molecule has 1 aliphatic heterocycles. The van der Waals surface area contributed by atoms with Gasteiger partial charge in [-0.25, -0.2) is 4.79 Å². The number of alkyl halides is 9. The molecule has 5 nitrogen and oxygen atoms in total. The Morgan fingerprint density at radius 3 is 1.92 bits per heavy atom. The van der Waals surface area contributed by atoms with Crippen molar-refractivity contribution >= 4 is 28.7 Å². The van der Waals surface area contributed by atoms with Crippen molar-refractivity contribution in [2.24, 2.45) is 0 Å². The van der Waals surface area contributed by atoms with Gasteiger partial charge in [0, 0.05) is 12.6 Å². The van der Waals surface area contributed by atoms with Crippen molar-refractivity contribution in [1.29, 1.82) is 0 Å². The Labute approximate surface area is 221 Å². The minimum atomic E-state index is -5.17. The fourth-order valence-corrected chi connectivity index (χ4v) is 4.56. The van der Waals surface area contributed by atoms with E-state index in [4.69, 9.17) is 16.3 Å². The summed E-state index contributed by atoms with van der Waals surface area (Å²) in [4.78, 5) is 26.7. The highest BCUT2D eigenvalue weighted by Gasteiger charge is 2.42. The lowest BCUT2D eigenvalue weighted by Crippen LogP contribution is -2.47. The summed E-state index contributed by atoms with van der Waals surface area (Å²) in [7, 11) is 0. The second-order valence-electron chi connectivity index (χ2n) is 8.74. The summed E-state index contributed by atoms with van der Waals surface area (Å²) in [5, 5.41) is -1.34. The summed E-state index contributed by atoms with van der Waals surface area (Å²) in [5.41, 5.74) is -5.38. The third-order valence-corrected chi connectivity index (χ3v) is 6.26. The zero-order valence-electron chi connectivity index (χ0n) is 20.1. The highest BCUT2D eigenvalue weighted by atomic mass is 35.5. The Balaban J connectivity index is 2.17. The zero-order chi connectivity index (χ0) is 29.5. The van der Waals surface area contributed by atoms with E-state index in [9.17, 15) is 49.1 Å². The van der Waals surface area contributed by atoms with Crippen molar-refractivity contribution < 1.29 is 53.8 Å². The molecule has 2 amide bonds. The normalized spacial score (nSPS) is 18.0. The Kier molecular flexibility index (Phi) is 8.40. The number of rotatable bonds is 4. The number of hydrogen-bond acceptors (Lipinski definition) is 3. The van der Waals surface area contributed by atoms with Gasteiger partial charge in [0.1, 0.15) is 0 Å². The summed E-state index contributed by atoms with van der Waals surface area (Å²) in [6.45, 7) is 2.02. The maximum Gasteiger partial charge on any atom is 0.416 e. The second kappa shape index (κ2) is 10.8. The van der Waals surface area contributed by atoms with Crippen molar-refractivity contribution in [3.8, 4) is 0 Å². The number of hydrogen-bond donors (Lipinski definition) is 0. The second-order valence-corrected chi connectivity index (χ2v) is 9.06. The van der Waals surface area contributed by atoms with E-state index >= 15 is 0 Å². The van der Waals surface area contributed by atoms with Gasteiger partial charge in [0.25, 0.3) is 0 Å². The van der Waals surface area contributed by atoms with E-state index in [0.29, 0.717) is 29.2 Å². The van der Waals surface area contributed by atoms with E-state index in [0.717, 1.165) is 11.0 Å². The summed E-state index contributed by atoms with van der Waals surface area (Å²) in [6.07, 6.45) is -16.3. The molecule has 3 rings (SSSR count). The van der Waals surface area contributed by atoms with Gasteiger partial charge in [-0.2, -0.15) is 39.5 Å². The number of anilines is 1. The number of fused-ring (bicyclic) bond motifs is 1. The standard InChI is InChI=1S/C24H20ClF9N2O3/c1-3-39-21(38)36-12(2)6-19(17-10-14(22(26,27)28)4-5-18(17)36)35(20(25)37)11-13-7-15(23(29,30)31)9-16(8-13)24(32,33)34/h4-5,7-10,12,19H,3,6,11H2,1-2H3/t12-,19+/m1/s1. The van der Waals surface area contributed by atoms with Crippen LogP contribution in [0.25, 0.3) is 0 Å². The summed E-state index contributed by atoms with van der Waals surface area (Å²) >= 11 is 5.69. The Hall–Kier alpha value is -3.16. The molecule has 15 heteroatoms. The molecule has 2 atom stereocenters. The van der Waals surface area contributed by atoms with Crippen LogP contribution in [0.2, 0.25) is 0 Å². The monoisotopic (exact) mass is 590 g/mol. The molecule has 0 radical (unpaired) electrons. The van der Waals surface area contributed by atoms with Gasteiger partial charge < -0.3 is 9.64 Å². The molecule has 0 fully saturated rings. The number of carbonyl (C=O) groups excluding carboxylic acids is 2. The van der Waals surface area contributed by atoms with Crippen LogP contribution in [0.5, 0.6) is 0 Å². The van der Waals surface area contributed by atoms with Crippen LogP contribution in [0.3, 0.4) is 0 Å². The maximum atomic E-state index is 13.5. The van der Waals surface area contributed by atoms with Gasteiger partial charge >= 0.3 is 30.0 Å². The lowest BCUT2D eigenvalue weighted by molar-refractivity contribution is -0.143. The maximum absolute atomic E-state index is 13.5. The molecule has 2 aromatic rings. The van der Waals surface area contributed by atoms with Gasteiger partial charge in [0.05, 0.1) is 35.0 Å². The molecule has 0 aromatic heterocycles. The van der Waals surface area contributed by atoms with Crippen LogP contribution in [0.1, 0.15) is 54.1 Å². The third kappa shape index (κ3) is 6.71. The van der Waals surface area contributed by atoms with Crippen LogP contribution in [-0.2, 0) is 29.8 Å². The van der Waals surface area contributed by atoms with Gasteiger partial charge in [0.15, 0.2) is 0 Å². The van der Waals surface area contributed by atoms with Crippen LogP contribution < -0.4 is 4.90 Å². The molecule has 0 saturated carbocycles. The molecule has 0 N–H and O–H groups in total. The Morgan fingerprint density at radius 1 is 0.923 bits per heavy atom. The molecule has 0 saturated heterocycles. The van der Waals surface area contributed by atoms with Gasteiger partial charge in [-0.1, -0.05) is 0 Å². The Bertz CT molecular complexity index is 1210. The quantitative estimate of drug-likeness (QED) is 0.204. The zero-order valence-corrected chi connectivity index (χ0v) is 20.9. The van der Waals surface area contributed by atoms with Crippen molar-refractivity contribution in [2.75, 3.05) is 11.5 Å².